The predicted octanol–water partition coefficient (Wildman–Crippen LogP) is 1.84. The topological polar surface area (TPSA) is 64.1 Å². The van der Waals surface area contributed by atoms with Crippen molar-refractivity contribution in [1.29, 1.82) is 0 Å². The van der Waals surface area contributed by atoms with Gasteiger partial charge >= 0.3 is 6.01 Å². The van der Waals surface area contributed by atoms with Gasteiger partial charge in [-0.05, 0) is 26.7 Å². The van der Waals surface area contributed by atoms with E-state index in [1.165, 1.54) is 7.11 Å². The summed E-state index contributed by atoms with van der Waals surface area (Å²) in [6.45, 7) is 3.68. The molecule has 1 aromatic rings. The van der Waals surface area contributed by atoms with Gasteiger partial charge in [0.15, 0.2) is 0 Å². The van der Waals surface area contributed by atoms with E-state index in [-0.39, 0.29) is 11.8 Å². The molecule has 1 saturated carbocycles. The van der Waals surface area contributed by atoms with Crippen molar-refractivity contribution in [3.8, 4) is 6.01 Å². The molecule has 0 saturated heterocycles. The summed E-state index contributed by atoms with van der Waals surface area (Å²) in [5, 5.41) is 2.91. The lowest BCUT2D eigenvalue weighted by Gasteiger charge is -2.24. The Morgan fingerprint density at radius 3 is 2.29 bits per heavy atom. The van der Waals surface area contributed by atoms with E-state index in [4.69, 9.17) is 4.74 Å². The van der Waals surface area contributed by atoms with Crippen LogP contribution in [0, 0.1) is 19.8 Å². The van der Waals surface area contributed by atoms with Gasteiger partial charge in [0.1, 0.15) is 0 Å². The van der Waals surface area contributed by atoms with Crippen molar-refractivity contribution in [3.05, 3.63) is 11.4 Å². The molecule has 1 amide bonds. The number of carbonyl (C=O) groups excluding carboxylic acids is 1. The molecule has 5 heteroatoms. The van der Waals surface area contributed by atoms with Crippen LogP contribution in [0.4, 0.5) is 5.69 Å². The molecule has 0 aliphatic heterocycles. The van der Waals surface area contributed by atoms with Crippen LogP contribution in [-0.4, -0.2) is 23.0 Å². The van der Waals surface area contributed by atoms with Gasteiger partial charge < -0.3 is 10.1 Å². The molecule has 5 nitrogen and oxygen atoms in total. The summed E-state index contributed by atoms with van der Waals surface area (Å²) >= 11 is 0. The maximum atomic E-state index is 11.9. The molecule has 0 atom stereocenters. The SMILES string of the molecule is COc1nc(C)c(NC(=O)C2CCC2)c(C)n1. The maximum Gasteiger partial charge on any atom is 0.316 e. The molecule has 2 rings (SSSR count). The molecule has 1 aliphatic rings. The van der Waals surface area contributed by atoms with Crippen molar-refractivity contribution in [2.75, 3.05) is 12.4 Å². The normalized spacial score (nSPS) is 15.2. The quantitative estimate of drug-likeness (QED) is 0.868. The van der Waals surface area contributed by atoms with Gasteiger partial charge in [0.2, 0.25) is 5.91 Å². The molecular formula is C12H17N3O2. The number of anilines is 1. The molecule has 17 heavy (non-hydrogen) atoms. The van der Waals surface area contributed by atoms with Crippen LogP contribution in [0.2, 0.25) is 0 Å². The van der Waals surface area contributed by atoms with Crippen LogP contribution in [0.25, 0.3) is 0 Å². The number of carbonyl (C=O) groups is 1. The van der Waals surface area contributed by atoms with E-state index in [0.717, 1.165) is 30.7 Å². The standard InChI is InChI=1S/C12H17N3O2/c1-7-10(8(2)14-12(13-7)17-3)15-11(16)9-5-4-6-9/h9H,4-6H2,1-3H3,(H,15,16). The van der Waals surface area contributed by atoms with Crippen LogP contribution < -0.4 is 10.1 Å². The molecule has 0 bridgehead atoms. The summed E-state index contributed by atoms with van der Waals surface area (Å²) in [6.07, 6.45) is 3.12. The summed E-state index contributed by atoms with van der Waals surface area (Å²) in [4.78, 5) is 20.2. The van der Waals surface area contributed by atoms with Crippen LogP contribution in [0.1, 0.15) is 30.7 Å². The number of hydrogen-bond acceptors (Lipinski definition) is 4. The van der Waals surface area contributed by atoms with Crippen LogP contribution in [-0.2, 0) is 4.79 Å². The number of amides is 1. The second kappa shape index (κ2) is 4.69. The zero-order chi connectivity index (χ0) is 12.4. The summed E-state index contributed by atoms with van der Waals surface area (Å²) in [5.74, 6) is 0.243. The van der Waals surface area contributed by atoms with E-state index >= 15 is 0 Å². The predicted molar refractivity (Wildman–Crippen MR) is 64.0 cm³/mol. The first-order valence-electron chi connectivity index (χ1n) is 5.82. The first kappa shape index (κ1) is 11.8. The maximum absolute atomic E-state index is 11.9. The van der Waals surface area contributed by atoms with Gasteiger partial charge in [-0.3, -0.25) is 4.79 Å². The summed E-state index contributed by atoms with van der Waals surface area (Å²) < 4.78 is 4.98. The average molecular weight is 235 g/mol. The number of nitrogens with one attached hydrogen (secondary N) is 1. The highest BCUT2D eigenvalue weighted by Crippen LogP contribution is 2.28. The smallest absolute Gasteiger partial charge is 0.316 e. The number of ether oxygens (including phenoxy) is 1. The second-order valence-corrected chi connectivity index (χ2v) is 4.37. The zero-order valence-electron chi connectivity index (χ0n) is 10.4. The Labute approximate surface area is 101 Å². The fourth-order valence-electron chi connectivity index (χ4n) is 1.85. The van der Waals surface area contributed by atoms with E-state index in [2.05, 4.69) is 15.3 Å². The fraction of sp³-hybridized carbons (Fsp3) is 0.583. The van der Waals surface area contributed by atoms with E-state index in [1.807, 2.05) is 13.8 Å². The Balaban J connectivity index is 2.17. The van der Waals surface area contributed by atoms with Gasteiger partial charge in [-0.25, -0.2) is 0 Å². The first-order chi connectivity index (χ1) is 8.11. The average Bonchev–Trinajstić information content (AvgIpc) is 2.20. The molecule has 1 aliphatic carbocycles. The monoisotopic (exact) mass is 235 g/mol. The largest absolute Gasteiger partial charge is 0.467 e. The Hall–Kier alpha value is -1.65. The number of aromatic nitrogens is 2. The zero-order valence-corrected chi connectivity index (χ0v) is 10.4. The van der Waals surface area contributed by atoms with E-state index < -0.39 is 0 Å². The molecule has 1 N–H and O–H groups in total. The van der Waals surface area contributed by atoms with E-state index in [0.29, 0.717) is 11.7 Å². The lowest BCUT2D eigenvalue weighted by atomic mass is 9.85. The first-order valence-corrected chi connectivity index (χ1v) is 5.82. The second-order valence-electron chi connectivity index (χ2n) is 4.37. The highest BCUT2D eigenvalue weighted by molar-refractivity contribution is 5.94. The summed E-state index contributed by atoms with van der Waals surface area (Å²) in [6, 6.07) is 0.335. The Morgan fingerprint density at radius 1 is 1.29 bits per heavy atom. The Kier molecular flexibility index (Phi) is 3.26. The Morgan fingerprint density at radius 2 is 1.88 bits per heavy atom. The molecule has 0 spiro atoms. The minimum absolute atomic E-state index is 0.0798. The van der Waals surface area contributed by atoms with Crippen LogP contribution >= 0.6 is 0 Å². The van der Waals surface area contributed by atoms with E-state index in [1.54, 1.807) is 0 Å². The van der Waals surface area contributed by atoms with Crippen molar-refractivity contribution in [2.24, 2.45) is 5.92 Å². The third-order valence-electron chi connectivity index (χ3n) is 3.16. The number of hydrogen-bond donors (Lipinski definition) is 1. The van der Waals surface area contributed by atoms with E-state index in [9.17, 15) is 4.79 Å². The van der Waals surface area contributed by atoms with Crippen molar-refractivity contribution >= 4 is 11.6 Å². The number of rotatable bonds is 3. The molecule has 1 fully saturated rings. The van der Waals surface area contributed by atoms with Gasteiger partial charge in [-0.15, -0.1) is 0 Å². The molecule has 0 unspecified atom stereocenters. The van der Waals surface area contributed by atoms with Crippen molar-refractivity contribution in [1.82, 2.24) is 9.97 Å². The van der Waals surface area contributed by atoms with Gasteiger partial charge in [-0.2, -0.15) is 9.97 Å². The number of aryl methyl sites for hydroxylation is 2. The molecule has 0 radical (unpaired) electrons. The lowest BCUT2D eigenvalue weighted by Crippen LogP contribution is -2.28. The van der Waals surface area contributed by atoms with Crippen LogP contribution in [0.3, 0.4) is 0 Å². The lowest BCUT2D eigenvalue weighted by molar-refractivity contribution is -0.122. The third-order valence-corrected chi connectivity index (χ3v) is 3.16. The minimum Gasteiger partial charge on any atom is -0.467 e. The molecular weight excluding hydrogens is 218 g/mol. The Bertz CT molecular complexity index is 418. The molecule has 1 aromatic heterocycles. The van der Waals surface area contributed by atoms with Gasteiger partial charge in [0, 0.05) is 5.92 Å². The highest BCUT2D eigenvalue weighted by atomic mass is 16.5. The molecule has 0 aromatic carbocycles. The minimum atomic E-state index is 0.0798. The fourth-order valence-corrected chi connectivity index (χ4v) is 1.85. The molecule has 1 heterocycles. The van der Waals surface area contributed by atoms with Crippen LogP contribution in [0.15, 0.2) is 0 Å². The van der Waals surface area contributed by atoms with Crippen molar-refractivity contribution in [2.45, 2.75) is 33.1 Å². The van der Waals surface area contributed by atoms with Crippen LogP contribution in [0.5, 0.6) is 6.01 Å². The van der Waals surface area contributed by atoms with Gasteiger partial charge in [-0.1, -0.05) is 6.42 Å². The highest BCUT2D eigenvalue weighted by Gasteiger charge is 2.26. The summed E-state index contributed by atoms with van der Waals surface area (Å²) in [7, 11) is 1.53. The number of methoxy groups -OCH3 is 1. The van der Waals surface area contributed by atoms with Crippen molar-refractivity contribution in [3.63, 3.8) is 0 Å². The molecule has 92 valence electrons. The van der Waals surface area contributed by atoms with Crippen molar-refractivity contribution < 1.29 is 9.53 Å². The van der Waals surface area contributed by atoms with Gasteiger partial charge in [0.05, 0.1) is 24.2 Å². The third kappa shape index (κ3) is 2.38. The summed E-state index contributed by atoms with van der Waals surface area (Å²) in [5.41, 5.74) is 2.19. The number of nitrogens with zero attached hydrogens (tertiary/aromatic N) is 2. The van der Waals surface area contributed by atoms with Gasteiger partial charge in [0.25, 0.3) is 0 Å².